The molecular formula is C22H29Br2N3O6S2. The number of rotatable bonds is 11. The predicted octanol–water partition coefficient (Wildman–Crippen LogP) is 3.29. The summed E-state index contributed by atoms with van der Waals surface area (Å²) in [6, 6.07) is 9.79. The van der Waals surface area contributed by atoms with E-state index in [0.29, 0.717) is 66.4 Å². The summed E-state index contributed by atoms with van der Waals surface area (Å²) in [7, 11) is -7.51. The molecule has 1 N–H and O–H groups in total. The Morgan fingerprint density at radius 1 is 0.829 bits per heavy atom. The molecule has 1 heterocycles. The number of nitrogens with zero attached hydrogens (tertiary/aromatic N) is 2. The van der Waals surface area contributed by atoms with Crippen LogP contribution in [0, 0.1) is 0 Å². The lowest BCUT2D eigenvalue weighted by Gasteiger charge is -2.34. The lowest BCUT2D eigenvalue weighted by atomic mass is 10.3. The van der Waals surface area contributed by atoms with Crippen molar-refractivity contribution in [3.8, 4) is 11.5 Å². The van der Waals surface area contributed by atoms with Gasteiger partial charge in [0.1, 0.15) is 21.3 Å². The van der Waals surface area contributed by atoms with Crippen LogP contribution in [0.1, 0.15) is 13.8 Å². The minimum absolute atomic E-state index is 0.0729. The summed E-state index contributed by atoms with van der Waals surface area (Å²) in [5.74, 6) is 0.618. The highest BCUT2D eigenvalue weighted by Crippen LogP contribution is 2.31. The summed E-state index contributed by atoms with van der Waals surface area (Å²) in [6.45, 7) is 6.52. The fourth-order valence-corrected chi connectivity index (χ4v) is 7.47. The van der Waals surface area contributed by atoms with Crippen molar-refractivity contribution in [1.82, 2.24) is 13.9 Å². The molecule has 0 unspecified atom stereocenters. The second-order valence-corrected chi connectivity index (χ2v) is 13.2. The zero-order valence-corrected chi connectivity index (χ0v) is 24.3. The molecule has 0 spiro atoms. The van der Waals surface area contributed by atoms with Crippen molar-refractivity contribution >= 4 is 51.9 Å². The minimum Gasteiger partial charge on any atom is -0.492 e. The van der Waals surface area contributed by atoms with Gasteiger partial charge in [0.2, 0.25) is 20.0 Å². The molecule has 1 aliphatic rings. The molecule has 0 aromatic heterocycles. The van der Waals surface area contributed by atoms with E-state index < -0.39 is 20.0 Å². The Labute approximate surface area is 224 Å². The Morgan fingerprint density at radius 2 is 1.34 bits per heavy atom. The topological polar surface area (TPSA) is 105 Å². The van der Waals surface area contributed by atoms with Crippen molar-refractivity contribution in [2.75, 3.05) is 52.5 Å². The van der Waals surface area contributed by atoms with Gasteiger partial charge < -0.3 is 9.47 Å². The monoisotopic (exact) mass is 653 g/mol. The average molecular weight is 655 g/mol. The van der Waals surface area contributed by atoms with Crippen molar-refractivity contribution in [2.24, 2.45) is 0 Å². The first-order valence-electron chi connectivity index (χ1n) is 11.2. The molecule has 35 heavy (non-hydrogen) atoms. The predicted molar refractivity (Wildman–Crippen MR) is 141 cm³/mol. The van der Waals surface area contributed by atoms with E-state index in [0.717, 1.165) is 0 Å². The number of sulfonamides is 2. The van der Waals surface area contributed by atoms with Crippen molar-refractivity contribution < 1.29 is 26.3 Å². The number of piperazine rings is 1. The van der Waals surface area contributed by atoms with E-state index in [-0.39, 0.29) is 16.3 Å². The standard InChI is InChI=1S/C22H29Br2N3O6S2/c1-3-32-19-7-5-17(23)15-21(19)34(28,29)25-9-10-26-11-13-27(14-12-26)35(30,31)22-16-18(24)6-8-20(22)33-4-2/h5-8,15-16,25H,3-4,9-14H2,1-2H3. The van der Waals surface area contributed by atoms with Gasteiger partial charge in [0.25, 0.3) is 0 Å². The van der Waals surface area contributed by atoms with E-state index in [2.05, 4.69) is 36.6 Å². The summed E-state index contributed by atoms with van der Waals surface area (Å²) in [5.41, 5.74) is 0. The number of nitrogens with one attached hydrogen (secondary N) is 1. The van der Waals surface area contributed by atoms with Gasteiger partial charge in [-0.3, -0.25) is 4.90 Å². The molecule has 1 fully saturated rings. The molecule has 0 atom stereocenters. The van der Waals surface area contributed by atoms with Gasteiger partial charge >= 0.3 is 0 Å². The van der Waals surface area contributed by atoms with E-state index >= 15 is 0 Å². The van der Waals surface area contributed by atoms with Crippen LogP contribution in [-0.2, 0) is 20.0 Å². The van der Waals surface area contributed by atoms with Crippen LogP contribution in [-0.4, -0.2) is 78.5 Å². The van der Waals surface area contributed by atoms with Crippen molar-refractivity contribution in [2.45, 2.75) is 23.6 Å². The first-order valence-corrected chi connectivity index (χ1v) is 15.7. The number of hydrogen-bond donors (Lipinski definition) is 1. The Bertz CT molecular complexity index is 1230. The highest BCUT2D eigenvalue weighted by molar-refractivity contribution is 9.10. The van der Waals surface area contributed by atoms with Gasteiger partial charge in [-0.25, -0.2) is 21.6 Å². The fourth-order valence-electron chi connectivity index (χ4n) is 3.67. The Morgan fingerprint density at radius 3 is 1.89 bits per heavy atom. The van der Waals surface area contributed by atoms with Crippen LogP contribution in [0.2, 0.25) is 0 Å². The SMILES string of the molecule is CCOc1ccc(Br)cc1S(=O)(=O)NCCN1CCN(S(=O)(=O)c2cc(Br)ccc2OCC)CC1. The second kappa shape index (κ2) is 12.3. The first kappa shape index (κ1) is 28.4. The van der Waals surface area contributed by atoms with Crippen molar-refractivity contribution in [3.05, 3.63) is 45.3 Å². The number of ether oxygens (including phenoxy) is 2. The molecular weight excluding hydrogens is 626 g/mol. The maximum atomic E-state index is 13.3. The molecule has 3 rings (SSSR count). The van der Waals surface area contributed by atoms with E-state index in [4.69, 9.17) is 9.47 Å². The van der Waals surface area contributed by atoms with Gasteiger partial charge in [0.15, 0.2) is 0 Å². The number of benzene rings is 2. The Kier molecular flexibility index (Phi) is 10.0. The summed E-state index contributed by atoms with van der Waals surface area (Å²) in [6.07, 6.45) is 0. The Balaban J connectivity index is 1.59. The average Bonchev–Trinajstić information content (AvgIpc) is 2.82. The number of halogens is 2. The molecule has 0 amide bonds. The van der Waals surface area contributed by atoms with E-state index in [1.807, 2.05) is 4.90 Å². The smallest absolute Gasteiger partial charge is 0.246 e. The third-order valence-electron chi connectivity index (χ3n) is 5.37. The Hall–Kier alpha value is -1.22. The molecule has 194 valence electrons. The van der Waals surface area contributed by atoms with Crippen LogP contribution in [0.15, 0.2) is 55.1 Å². The van der Waals surface area contributed by atoms with Crippen LogP contribution >= 0.6 is 31.9 Å². The maximum Gasteiger partial charge on any atom is 0.246 e. The summed E-state index contributed by atoms with van der Waals surface area (Å²) >= 11 is 6.64. The minimum atomic E-state index is -3.78. The van der Waals surface area contributed by atoms with Crippen LogP contribution < -0.4 is 14.2 Å². The van der Waals surface area contributed by atoms with Gasteiger partial charge in [-0.1, -0.05) is 31.9 Å². The second-order valence-electron chi connectivity index (χ2n) is 7.69. The van der Waals surface area contributed by atoms with Crippen LogP contribution in [0.5, 0.6) is 11.5 Å². The molecule has 0 bridgehead atoms. The van der Waals surface area contributed by atoms with E-state index in [1.54, 1.807) is 44.2 Å². The molecule has 2 aromatic rings. The maximum absolute atomic E-state index is 13.3. The summed E-state index contributed by atoms with van der Waals surface area (Å²) in [4.78, 5) is 2.24. The third kappa shape index (κ3) is 7.18. The van der Waals surface area contributed by atoms with Crippen molar-refractivity contribution in [1.29, 1.82) is 0 Å². The van der Waals surface area contributed by atoms with Crippen LogP contribution in [0.25, 0.3) is 0 Å². The van der Waals surface area contributed by atoms with Gasteiger partial charge in [0, 0.05) is 48.2 Å². The summed E-state index contributed by atoms with van der Waals surface area (Å²) < 4.78 is 68.5. The van der Waals surface area contributed by atoms with Gasteiger partial charge in [-0.2, -0.15) is 4.31 Å². The quantitative estimate of drug-likeness (QED) is 0.397. The van der Waals surface area contributed by atoms with Crippen LogP contribution in [0.4, 0.5) is 0 Å². The fraction of sp³-hybridized carbons (Fsp3) is 0.455. The van der Waals surface area contributed by atoms with Gasteiger partial charge in [0.05, 0.1) is 13.2 Å². The highest BCUT2D eigenvalue weighted by Gasteiger charge is 2.31. The molecule has 2 aromatic carbocycles. The van der Waals surface area contributed by atoms with Crippen LogP contribution in [0.3, 0.4) is 0 Å². The first-order chi connectivity index (χ1) is 16.6. The molecule has 1 saturated heterocycles. The highest BCUT2D eigenvalue weighted by atomic mass is 79.9. The lowest BCUT2D eigenvalue weighted by molar-refractivity contribution is 0.191. The largest absolute Gasteiger partial charge is 0.492 e. The third-order valence-corrected chi connectivity index (χ3v) is 9.76. The summed E-state index contributed by atoms with van der Waals surface area (Å²) in [5, 5.41) is 0. The lowest BCUT2D eigenvalue weighted by Crippen LogP contribution is -2.50. The van der Waals surface area contributed by atoms with Gasteiger partial charge in [-0.15, -0.1) is 0 Å². The van der Waals surface area contributed by atoms with Crippen molar-refractivity contribution in [3.63, 3.8) is 0 Å². The molecule has 13 heteroatoms. The zero-order valence-electron chi connectivity index (χ0n) is 19.5. The molecule has 0 aliphatic carbocycles. The van der Waals surface area contributed by atoms with E-state index in [1.165, 1.54) is 10.4 Å². The normalized spacial score (nSPS) is 15.8. The molecule has 0 radical (unpaired) electrons. The number of hydrogen-bond acceptors (Lipinski definition) is 7. The molecule has 0 saturated carbocycles. The van der Waals surface area contributed by atoms with E-state index in [9.17, 15) is 16.8 Å². The molecule has 1 aliphatic heterocycles. The zero-order chi connectivity index (χ0) is 25.6. The molecule has 9 nitrogen and oxygen atoms in total. The van der Waals surface area contributed by atoms with Gasteiger partial charge in [-0.05, 0) is 50.2 Å².